The molecule has 0 heterocycles. The van der Waals surface area contributed by atoms with Gasteiger partial charge >= 0.3 is 0 Å². The van der Waals surface area contributed by atoms with Crippen LogP contribution in [0.25, 0.3) is 0 Å². The van der Waals surface area contributed by atoms with Gasteiger partial charge in [0.25, 0.3) is 11.8 Å². The summed E-state index contributed by atoms with van der Waals surface area (Å²) in [5.74, 6) is 0.136. The Bertz CT molecular complexity index is 767. The molecule has 0 spiro atoms. The summed E-state index contributed by atoms with van der Waals surface area (Å²) in [6.45, 7) is 3.92. The molecule has 2 N–H and O–H groups in total. The molecule has 0 saturated heterocycles. The van der Waals surface area contributed by atoms with Crippen molar-refractivity contribution in [3.05, 3.63) is 53.6 Å². The van der Waals surface area contributed by atoms with Gasteiger partial charge in [-0.25, -0.2) is 0 Å². The highest BCUT2D eigenvalue weighted by Crippen LogP contribution is 2.29. The number of ether oxygens (including phenoxy) is 2. The van der Waals surface area contributed by atoms with Crippen molar-refractivity contribution in [1.29, 1.82) is 0 Å². The molecule has 0 radical (unpaired) electrons. The van der Waals surface area contributed by atoms with Crippen LogP contribution in [0.3, 0.4) is 0 Å². The van der Waals surface area contributed by atoms with Crippen LogP contribution in [0.4, 0.5) is 5.69 Å². The van der Waals surface area contributed by atoms with E-state index in [1.54, 1.807) is 42.5 Å². The number of rotatable bonds is 7. The molecule has 0 aliphatic carbocycles. The topological polar surface area (TPSA) is 76.7 Å². The number of amides is 2. The first kappa shape index (κ1) is 19.3. The molecule has 2 amide bonds. The summed E-state index contributed by atoms with van der Waals surface area (Å²) in [5.41, 5.74) is 1.09. The smallest absolute Gasteiger partial charge is 0.263 e. The molecule has 6 heteroatoms. The van der Waals surface area contributed by atoms with Crippen LogP contribution in [0, 0.1) is 0 Å². The van der Waals surface area contributed by atoms with Crippen LogP contribution in [0.5, 0.6) is 11.5 Å². The number of anilines is 1. The molecule has 1 atom stereocenters. The summed E-state index contributed by atoms with van der Waals surface area (Å²) >= 11 is 0. The summed E-state index contributed by atoms with van der Waals surface area (Å²) in [6.07, 6.45) is 0.818. The second-order valence-electron chi connectivity index (χ2n) is 5.82. The maximum atomic E-state index is 12.8. The minimum atomic E-state index is -0.414. The molecule has 0 bridgehead atoms. The number of carbonyl (C=O) groups is 2. The van der Waals surface area contributed by atoms with Crippen molar-refractivity contribution in [2.24, 2.45) is 0 Å². The minimum Gasteiger partial charge on any atom is -0.496 e. The number of carbonyl (C=O) groups excluding carboxylic acids is 2. The standard InChI is InChI=1S/C20H24N2O4/c1-5-13(2)21-19(23)14-9-6-7-10-15(14)22-20(24)18-16(25-3)11-8-12-17(18)26-4/h6-13H,5H2,1-4H3,(H,21,23)(H,22,24)/t13-/m1/s1. The van der Waals surface area contributed by atoms with Gasteiger partial charge in [-0.2, -0.15) is 0 Å². The fraction of sp³-hybridized carbons (Fsp3) is 0.300. The molecule has 2 aromatic carbocycles. The van der Waals surface area contributed by atoms with Crippen LogP contribution in [0.2, 0.25) is 0 Å². The van der Waals surface area contributed by atoms with E-state index in [4.69, 9.17) is 9.47 Å². The maximum Gasteiger partial charge on any atom is 0.263 e. The maximum absolute atomic E-state index is 12.8. The Morgan fingerprint density at radius 1 is 0.962 bits per heavy atom. The van der Waals surface area contributed by atoms with Gasteiger partial charge in [0.1, 0.15) is 17.1 Å². The Balaban J connectivity index is 2.33. The molecule has 0 fully saturated rings. The molecule has 26 heavy (non-hydrogen) atoms. The minimum absolute atomic E-state index is 0.0422. The van der Waals surface area contributed by atoms with Crippen molar-refractivity contribution in [3.8, 4) is 11.5 Å². The van der Waals surface area contributed by atoms with Gasteiger partial charge in [-0.3, -0.25) is 9.59 Å². The van der Waals surface area contributed by atoms with Crippen LogP contribution in [-0.2, 0) is 0 Å². The van der Waals surface area contributed by atoms with Crippen molar-refractivity contribution in [3.63, 3.8) is 0 Å². The van der Waals surface area contributed by atoms with E-state index >= 15 is 0 Å². The molecule has 0 aromatic heterocycles. The fourth-order valence-electron chi connectivity index (χ4n) is 2.45. The zero-order valence-corrected chi connectivity index (χ0v) is 15.5. The summed E-state index contributed by atoms with van der Waals surface area (Å²) < 4.78 is 10.5. The monoisotopic (exact) mass is 356 g/mol. The van der Waals surface area contributed by atoms with E-state index in [-0.39, 0.29) is 17.5 Å². The van der Waals surface area contributed by atoms with Gasteiger partial charge in [-0.05, 0) is 37.6 Å². The lowest BCUT2D eigenvalue weighted by atomic mass is 10.1. The molecule has 2 aromatic rings. The molecule has 2 rings (SSSR count). The van der Waals surface area contributed by atoms with Crippen LogP contribution in [0.1, 0.15) is 41.0 Å². The number of hydrogen-bond donors (Lipinski definition) is 2. The van der Waals surface area contributed by atoms with Gasteiger partial charge in [0, 0.05) is 6.04 Å². The van der Waals surface area contributed by atoms with E-state index in [0.29, 0.717) is 22.7 Å². The Labute approximate surface area is 153 Å². The molecule has 0 aliphatic heterocycles. The molecule has 0 saturated carbocycles. The summed E-state index contributed by atoms with van der Waals surface area (Å²) in [6, 6.07) is 12.0. The van der Waals surface area contributed by atoms with Crippen LogP contribution in [0.15, 0.2) is 42.5 Å². The normalized spacial score (nSPS) is 11.4. The van der Waals surface area contributed by atoms with Crippen molar-refractivity contribution < 1.29 is 19.1 Å². The van der Waals surface area contributed by atoms with Gasteiger partial charge in [0.15, 0.2) is 0 Å². The number of hydrogen-bond acceptors (Lipinski definition) is 4. The first-order chi connectivity index (χ1) is 12.5. The van der Waals surface area contributed by atoms with E-state index < -0.39 is 5.91 Å². The van der Waals surface area contributed by atoms with Gasteiger partial charge in [-0.1, -0.05) is 25.1 Å². The zero-order chi connectivity index (χ0) is 19.1. The highest BCUT2D eigenvalue weighted by Gasteiger charge is 2.20. The van der Waals surface area contributed by atoms with Crippen molar-refractivity contribution >= 4 is 17.5 Å². The van der Waals surface area contributed by atoms with Crippen LogP contribution >= 0.6 is 0 Å². The van der Waals surface area contributed by atoms with Gasteiger partial charge < -0.3 is 20.1 Å². The average molecular weight is 356 g/mol. The van der Waals surface area contributed by atoms with E-state index in [1.165, 1.54) is 14.2 Å². The zero-order valence-electron chi connectivity index (χ0n) is 15.5. The number of nitrogens with one attached hydrogen (secondary N) is 2. The predicted molar refractivity (Wildman–Crippen MR) is 101 cm³/mol. The highest BCUT2D eigenvalue weighted by atomic mass is 16.5. The second-order valence-corrected chi connectivity index (χ2v) is 5.82. The van der Waals surface area contributed by atoms with Gasteiger partial charge in [0.05, 0.1) is 25.5 Å². The fourth-order valence-corrected chi connectivity index (χ4v) is 2.45. The molecular formula is C20H24N2O4. The van der Waals surface area contributed by atoms with Crippen molar-refractivity contribution in [1.82, 2.24) is 5.32 Å². The first-order valence-electron chi connectivity index (χ1n) is 8.44. The molecule has 6 nitrogen and oxygen atoms in total. The third kappa shape index (κ3) is 4.33. The van der Waals surface area contributed by atoms with Gasteiger partial charge in [0.2, 0.25) is 0 Å². The summed E-state index contributed by atoms with van der Waals surface area (Å²) in [4.78, 5) is 25.3. The Morgan fingerprint density at radius 3 is 2.15 bits per heavy atom. The molecular weight excluding hydrogens is 332 g/mol. The third-order valence-electron chi connectivity index (χ3n) is 4.06. The lowest BCUT2D eigenvalue weighted by Gasteiger charge is -2.16. The molecule has 0 unspecified atom stereocenters. The number of methoxy groups -OCH3 is 2. The molecule has 138 valence electrons. The van der Waals surface area contributed by atoms with Gasteiger partial charge in [-0.15, -0.1) is 0 Å². The van der Waals surface area contributed by atoms with Crippen molar-refractivity contribution in [2.45, 2.75) is 26.3 Å². The molecule has 0 aliphatic rings. The predicted octanol–water partition coefficient (Wildman–Crippen LogP) is 3.48. The quantitative estimate of drug-likeness (QED) is 0.796. The Morgan fingerprint density at radius 2 is 1.58 bits per heavy atom. The first-order valence-corrected chi connectivity index (χ1v) is 8.44. The summed E-state index contributed by atoms with van der Waals surface area (Å²) in [5, 5.41) is 5.69. The summed E-state index contributed by atoms with van der Waals surface area (Å²) in [7, 11) is 2.97. The SMILES string of the molecule is CC[C@@H](C)NC(=O)c1ccccc1NC(=O)c1c(OC)cccc1OC. The average Bonchev–Trinajstić information content (AvgIpc) is 2.67. The van der Waals surface area contributed by atoms with Crippen molar-refractivity contribution in [2.75, 3.05) is 19.5 Å². The Hall–Kier alpha value is -3.02. The highest BCUT2D eigenvalue weighted by molar-refractivity contribution is 6.11. The lowest BCUT2D eigenvalue weighted by Crippen LogP contribution is -2.32. The van der Waals surface area contributed by atoms with Crippen LogP contribution in [-0.4, -0.2) is 32.1 Å². The largest absolute Gasteiger partial charge is 0.496 e. The van der Waals surface area contributed by atoms with Crippen LogP contribution < -0.4 is 20.1 Å². The van der Waals surface area contributed by atoms with E-state index in [1.807, 2.05) is 13.8 Å². The van der Waals surface area contributed by atoms with E-state index in [2.05, 4.69) is 10.6 Å². The lowest BCUT2D eigenvalue weighted by molar-refractivity contribution is 0.0940. The Kier molecular flexibility index (Phi) is 6.60. The second kappa shape index (κ2) is 8.89. The van der Waals surface area contributed by atoms with E-state index in [0.717, 1.165) is 6.42 Å². The number of para-hydroxylation sites is 1. The third-order valence-corrected chi connectivity index (χ3v) is 4.06. The van der Waals surface area contributed by atoms with E-state index in [9.17, 15) is 9.59 Å². The number of benzene rings is 2.